The smallest absolute Gasteiger partial charge is 0.376 e. The van der Waals surface area contributed by atoms with Gasteiger partial charge in [0.25, 0.3) is 0 Å². The second-order valence-corrected chi connectivity index (χ2v) is 16.1. The highest BCUT2D eigenvalue weighted by molar-refractivity contribution is 8.01. The molecular formula is C12H30O3SSi2. The summed E-state index contributed by atoms with van der Waals surface area (Å²) in [5.74, 6) is 1.16. The van der Waals surface area contributed by atoms with Gasteiger partial charge in [0, 0.05) is 29.4 Å². The van der Waals surface area contributed by atoms with E-state index in [-0.39, 0.29) is 0 Å². The molecule has 0 rings (SSSR count). The maximum atomic E-state index is 5.67. The van der Waals surface area contributed by atoms with E-state index >= 15 is 0 Å². The highest BCUT2D eigenvalue weighted by Crippen LogP contribution is 2.32. The third-order valence-electron chi connectivity index (χ3n) is 2.86. The van der Waals surface area contributed by atoms with Crippen molar-refractivity contribution in [1.82, 2.24) is 0 Å². The summed E-state index contributed by atoms with van der Waals surface area (Å²) >= 11 is 1.98. The summed E-state index contributed by atoms with van der Waals surface area (Å²) in [6.07, 6.45) is 2.47. The van der Waals surface area contributed by atoms with Gasteiger partial charge in [0.15, 0.2) is 0 Å². The molecule has 0 aliphatic heterocycles. The van der Waals surface area contributed by atoms with Crippen LogP contribution >= 0.6 is 11.8 Å². The van der Waals surface area contributed by atoms with Crippen LogP contribution in [0.15, 0.2) is 0 Å². The predicted molar refractivity (Wildman–Crippen MR) is 86.1 cm³/mol. The van der Waals surface area contributed by atoms with Gasteiger partial charge in [0.05, 0.1) is 4.87 Å². The minimum atomic E-state index is -2.51. The maximum Gasteiger partial charge on any atom is 0.513 e. The van der Waals surface area contributed by atoms with Crippen molar-refractivity contribution in [2.45, 2.75) is 50.3 Å². The highest BCUT2D eigenvalue weighted by atomic mass is 32.2. The van der Waals surface area contributed by atoms with E-state index in [4.69, 9.17) is 13.3 Å². The van der Waals surface area contributed by atoms with Gasteiger partial charge in [-0.1, -0.05) is 33.0 Å². The Labute approximate surface area is 119 Å². The summed E-state index contributed by atoms with van der Waals surface area (Å²) < 4.78 is 17.0. The molecule has 0 aromatic rings. The monoisotopic (exact) mass is 310 g/mol. The second kappa shape index (κ2) is 8.76. The first kappa shape index (κ1) is 18.7. The highest BCUT2D eigenvalue weighted by Gasteiger charge is 2.48. The molecule has 0 fully saturated rings. The van der Waals surface area contributed by atoms with Gasteiger partial charge in [-0.3, -0.25) is 0 Å². The lowest BCUT2D eigenvalue weighted by atomic mass is 10.4. The van der Waals surface area contributed by atoms with E-state index in [0.29, 0.717) is 4.87 Å². The normalized spacial score (nSPS) is 14.8. The molecule has 0 saturated heterocycles. The number of thioether (sulfide) groups is 1. The number of hydrogen-bond donors (Lipinski definition) is 0. The van der Waals surface area contributed by atoms with Crippen molar-refractivity contribution in [1.29, 1.82) is 0 Å². The molecule has 1 atom stereocenters. The van der Waals surface area contributed by atoms with Crippen molar-refractivity contribution in [3.05, 3.63) is 0 Å². The van der Waals surface area contributed by atoms with Crippen LogP contribution in [0.5, 0.6) is 0 Å². The SMILES string of the molecule is CCCCSC(C[Si](C)(C)C)[Si](OC)(OC)OC. The number of hydrogen-bond acceptors (Lipinski definition) is 4. The summed E-state index contributed by atoms with van der Waals surface area (Å²) in [6.45, 7) is 9.39. The molecule has 1 unspecified atom stereocenters. The van der Waals surface area contributed by atoms with Crippen LogP contribution in [0.3, 0.4) is 0 Å². The molecule has 0 spiro atoms. The molecule has 0 radical (unpaired) electrons. The molecule has 0 aliphatic rings. The summed E-state index contributed by atoms with van der Waals surface area (Å²) in [5.41, 5.74) is 0. The zero-order chi connectivity index (χ0) is 14.2. The van der Waals surface area contributed by atoms with Crippen molar-refractivity contribution >= 4 is 28.6 Å². The van der Waals surface area contributed by atoms with E-state index in [1.54, 1.807) is 21.3 Å². The standard InChI is InChI=1S/C12H30O3SSi2/c1-8-9-10-16-12(11-17(5,6)7)18(13-2,14-3)15-4/h12H,8-11H2,1-7H3. The lowest BCUT2D eigenvalue weighted by Gasteiger charge is -2.35. The first-order valence-corrected chi connectivity index (χ1v) is 13.2. The van der Waals surface area contributed by atoms with E-state index in [1.807, 2.05) is 11.8 Å². The first-order chi connectivity index (χ1) is 8.35. The minimum absolute atomic E-state index is 0.371. The van der Waals surface area contributed by atoms with Crippen molar-refractivity contribution in [2.75, 3.05) is 27.1 Å². The van der Waals surface area contributed by atoms with Crippen LogP contribution in [-0.2, 0) is 13.3 Å². The Kier molecular flexibility index (Phi) is 9.08. The van der Waals surface area contributed by atoms with E-state index in [9.17, 15) is 0 Å². The van der Waals surface area contributed by atoms with Crippen molar-refractivity contribution in [3.63, 3.8) is 0 Å². The van der Waals surface area contributed by atoms with Crippen LogP contribution in [0.4, 0.5) is 0 Å². The van der Waals surface area contributed by atoms with Crippen molar-refractivity contribution < 1.29 is 13.3 Å². The van der Waals surface area contributed by atoms with Crippen LogP contribution in [0.25, 0.3) is 0 Å². The zero-order valence-corrected chi connectivity index (χ0v) is 15.9. The molecule has 0 amide bonds. The van der Waals surface area contributed by atoms with Crippen molar-refractivity contribution in [2.24, 2.45) is 0 Å². The molecule has 0 saturated carbocycles. The molecule has 3 nitrogen and oxygen atoms in total. The lowest BCUT2D eigenvalue weighted by molar-refractivity contribution is 0.123. The van der Waals surface area contributed by atoms with Gasteiger partial charge in [-0.2, -0.15) is 11.8 Å². The second-order valence-electron chi connectivity index (χ2n) is 5.69. The number of unbranched alkanes of at least 4 members (excludes halogenated alkanes) is 1. The molecule has 110 valence electrons. The van der Waals surface area contributed by atoms with Crippen LogP contribution in [0.2, 0.25) is 25.7 Å². The van der Waals surface area contributed by atoms with Crippen LogP contribution in [0.1, 0.15) is 19.8 Å². The van der Waals surface area contributed by atoms with E-state index in [0.717, 1.165) is 5.75 Å². The quantitative estimate of drug-likeness (QED) is 0.455. The van der Waals surface area contributed by atoms with E-state index in [1.165, 1.54) is 18.9 Å². The molecule has 0 aromatic carbocycles. The maximum absolute atomic E-state index is 5.67. The van der Waals surface area contributed by atoms with Crippen molar-refractivity contribution in [3.8, 4) is 0 Å². The average Bonchev–Trinajstić information content (AvgIpc) is 2.30. The fraction of sp³-hybridized carbons (Fsp3) is 1.00. The number of rotatable bonds is 10. The Balaban J connectivity index is 4.80. The molecule has 6 heteroatoms. The van der Waals surface area contributed by atoms with E-state index in [2.05, 4.69) is 26.6 Å². The van der Waals surface area contributed by atoms with Gasteiger partial charge < -0.3 is 13.3 Å². The van der Waals surface area contributed by atoms with Gasteiger partial charge >= 0.3 is 8.80 Å². The molecular weight excluding hydrogens is 280 g/mol. The summed E-state index contributed by atoms with van der Waals surface area (Å²) in [4.78, 5) is 0.371. The molecule has 0 bridgehead atoms. The third-order valence-corrected chi connectivity index (χ3v) is 10.4. The largest absolute Gasteiger partial charge is 0.513 e. The molecule has 0 N–H and O–H groups in total. The Bertz CT molecular complexity index is 210. The Morgan fingerprint density at radius 1 is 1.00 bits per heavy atom. The Morgan fingerprint density at radius 2 is 1.50 bits per heavy atom. The molecule has 18 heavy (non-hydrogen) atoms. The Morgan fingerprint density at radius 3 is 1.83 bits per heavy atom. The van der Waals surface area contributed by atoms with Crippen LogP contribution in [-0.4, -0.2) is 48.8 Å². The first-order valence-electron chi connectivity index (χ1n) is 6.62. The van der Waals surface area contributed by atoms with Gasteiger partial charge in [0.2, 0.25) is 0 Å². The van der Waals surface area contributed by atoms with Gasteiger partial charge in [-0.25, -0.2) is 0 Å². The molecule has 0 heterocycles. The van der Waals surface area contributed by atoms with E-state index < -0.39 is 16.9 Å². The third kappa shape index (κ3) is 6.21. The Hall–Kier alpha value is 0.664. The van der Waals surface area contributed by atoms with Gasteiger partial charge in [-0.05, 0) is 18.2 Å². The summed E-state index contributed by atoms with van der Waals surface area (Å²) in [7, 11) is 1.48. The predicted octanol–water partition coefficient (Wildman–Crippen LogP) is 3.64. The minimum Gasteiger partial charge on any atom is -0.376 e. The average molecular weight is 311 g/mol. The lowest BCUT2D eigenvalue weighted by Crippen LogP contribution is -2.55. The molecule has 0 aliphatic carbocycles. The fourth-order valence-electron chi connectivity index (χ4n) is 1.86. The van der Waals surface area contributed by atoms with Gasteiger partial charge in [-0.15, -0.1) is 0 Å². The zero-order valence-electron chi connectivity index (χ0n) is 13.0. The van der Waals surface area contributed by atoms with Crippen LogP contribution in [0, 0.1) is 0 Å². The topological polar surface area (TPSA) is 27.7 Å². The summed E-state index contributed by atoms with van der Waals surface area (Å²) in [6, 6.07) is 1.18. The van der Waals surface area contributed by atoms with Crippen LogP contribution < -0.4 is 0 Å². The van der Waals surface area contributed by atoms with Gasteiger partial charge in [0.1, 0.15) is 0 Å². The summed E-state index contributed by atoms with van der Waals surface area (Å²) in [5, 5.41) is 0. The molecule has 0 aromatic heterocycles. The fourth-order valence-corrected chi connectivity index (χ4v) is 11.8.